The molecule has 0 bridgehead atoms. The van der Waals surface area contributed by atoms with Crippen molar-refractivity contribution in [3.63, 3.8) is 0 Å². The Hall–Kier alpha value is -2.63. The van der Waals surface area contributed by atoms with Crippen molar-refractivity contribution >= 4 is 11.9 Å². The van der Waals surface area contributed by atoms with Crippen LogP contribution in [0.3, 0.4) is 0 Å². The SMILES string of the molecule is Cc1ccc(-c2nc(CN3C(=O)NC4(C3=O)[C@H](C)CCC[C@H]4C)co2)c(C)c1. The van der Waals surface area contributed by atoms with Gasteiger partial charge in [0.25, 0.3) is 5.91 Å². The molecule has 0 unspecified atom stereocenters. The van der Waals surface area contributed by atoms with Crippen LogP contribution >= 0.6 is 0 Å². The molecule has 1 saturated heterocycles. The molecule has 1 spiro atoms. The van der Waals surface area contributed by atoms with Gasteiger partial charge in [0, 0.05) is 5.56 Å². The molecule has 2 aromatic rings. The van der Waals surface area contributed by atoms with E-state index >= 15 is 0 Å². The van der Waals surface area contributed by atoms with Crippen LogP contribution in [0.2, 0.25) is 0 Å². The molecule has 2 fully saturated rings. The van der Waals surface area contributed by atoms with E-state index in [9.17, 15) is 9.59 Å². The van der Waals surface area contributed by atoms with Crippen molar-refractivity contribution in [2.75, 3.05) is 0 Å². The number of amides is 3. The van der Waals surface area contributed by atoms with Crippen LogP contribution in [0.5, 0.6) is 0 Å². The molecule has 2 aliphatic rings. The third-order valence-electron chi connectivity index (χ3n) is 6.47. The van der Waals surface area contributed by atoms with Crippen LogP contribution in [-0.4, -0.2) is 27.4 Å². The van der Waals surface area contributed by atoms with Gasteiger partial charge in [-0.1, -0.05) is 38.0 Å². The first-order chi connectivity index (χ1) is 13.3. The molecule has 6 nitrogen and oxygen atoms in total. The number of aromatic nitrogens is 1. The van der Waals surface area contributed by atoms with Crippen LogP contribution in [0.1, 0.15) is 49.9 Å². The molecule has 148 valence electrons. The summed E-state index contributed by atoms with van der Waals surface area (Å²) in [5, 5.41) is 3.02. The van der Waals surface area contributed by atoms with Crippen LogP contribution in [0.4, 0.5) is 4.79 Å². The Morgan fingerprint density at radius 1 is 1.21 bits per heavy atom. The van der Waals surface area contributed by atoms with Crippen molar-refractivity contribution in [2.45, 2.75) is 59.0 Å². The van der Waals surface area contributed by atoms with Crippen LogP contribution < -0.4 is 5.32 Å². The molecule has 4 rings (SSSR count). The van der Waals surface area contributed by atoms with E-state index in [1.807, 2.05) is 26.0 Å². The van der Waals surface area contributed by atoms with Gasteiger partial charge in [-0.2, -0.15) is 0 Å². The van der Waals surface area contributed by atoms with Crippen LogP contribution in [0.25, 0.3) is 11.5 Å². The minimum Gasteiger partial charge on any atom is -0.444 e. The van der Waals surface area contributed by atoms with Crippen LogP contribution in [0.15, 0.2) is 28.9 Å². The highest BCUT2D eigenvalue weighted by Crippen LogP contribution is 2.42. The van der Waals surface area contributed by atoms with Gasteiger partial charge in [-0.3, -0.25) is 9.69 Å². The lowest BCUT2D eigenvalue weighted by atomic mass is 9.67. The van der Waals surface area contributed by atoms with Gasteiger partial charge in [-0.15, -0.1) is 0 Å². The highest BCUT2D eigenvalue weighted by Gasteiger charge is 2.58. The van der Waals surface area contributed by atoms with E-state index in [4.69, 9.17) is 4.42 Å². The summed E-state index contributed by atoms with van der Waals surface area (Å²) in [5.74, 6) is 0.628. The highest BCUT2D eigenvalue weighted by atomic mass is 16.3. The third-order valence-corrected chi connectivity index (χ3v) is 6.47. The average Bonchev–Trinajstić information content (AvgIpc) is 3.19. The van der Waals surface area contributed by atoms with Gasteiger partial charge < -0.3 is 9.73 Å². The third kappa shape index (κ3) is 2.82. The highest BCUT2D eigenvalue weighted by molar-refractivity contribution is 6.07. The van der Waals surface area contributed by atoms with Gasteiger partial charge in [-0.25, -0.2) is 9.78 Å². The molecule has 1 aliphatic carbocycles. The molecular formula is C22H27N3O3. The number of hydrogen-bond acceptors (Lipinski definition) is 4. The van der Waals surface area contributed by atoms with E-state index in [-0.39, 0.29) is 30.3 Å². The zero-order valence-electron chi connectivity index (χ0n) is 16.9. The quantitative estimate of drug-likeness (QED) is 0.808. The monoisotopic (exact) mass is 381 g/mol. The zero-order valence-corrected chi connectivity index (χ0v) is 16.9. The van der Waals surface area contributed by atoms with Crippen molar-refractivity contribution in [1.82, 2.24) is 15.2 Å². The van der Waals surface area contributed by atoms with E-state index in [1.165, 1.54) is 16.7 Å². The first-order valence-corrected chi connectivity index (χ1v) is 9.99. The Labute approximate surface area is 165 Å². The Morgan fingerprint density at radius 2 is 1.93 bits per heavy atom. The Balaban J connectivity index is 1.57. The molecule has 1 N–H and O–H groups in total. The number of nitrogens with one attached hydrogen (secondary N) is 1. The van der Waals surface area contributed by atoms with Crippen molar-refractivity contribution in [3.05, 3.63) is 41.3 Å². The van der Waals surface area contributed by atoms with Crippen molar-refractivity contribution < 1.29 is 14.0 Å². The van der Waals surface area contributed by atoms with Gasteiger partial charge in [0.2, 0.25) is 5.89 Å². The van der Waals surface area contributed by atoms with E-state index < -0.39 is 5.54 Å². The minimum absolute atomic E-state index is 0.125. The molecule has 3 amide bonds. The molecule has 1 saturated carbocycles. The second-order valence-corrected chi connectivity index (χ2v) is 8.39. The van der Waals surface area contributed by atoms with Gasteiger partial charge in [0.1, 0.15) is 11.8 Å². The van der Waals surface area contributed by atoms with Crippen LogP contribution in [0, 0.1) is 25.7 Å². The minimum atomic E-state index is -0.782. The number of benzene rings is 1. The van der Waals surface area contributed by atoms with Gasteiger partial charge in [0.05, 0.1) is 12.2 Å². The zero-order chi connectivity index (χ0) is 20.1. The molecule has 1 aliphatic heterocycles. The summed E-state index contributed by atoms with van der Waals surface area (Å²) in [5.41, 5.74) is 2.96. The standard InChI is InChI=1S/C22H27N3O3/c1-13-8-9-18(14(2)10-13)19-23-17(12-28-19)11-25-20(26)22(24-21(25)27)15(3)6-5-7-16(22)4/h8-10,12,15-16H,5-7,11H2,1-4H3,(H,24,27)/t15-,16-/m1/s1. The summed E-state index contributed by atoms with van der Waals surface area (Å²) in [6.07, 6.45) is 4.53. The first kappa shape index (κ1) is 18.7. The number of hydrogen-bond donors (Lipinski definition) is 1. The van der Waals surface area contributed by atoms with E-state index in [2.05, 4.69) is 30.2 Å². The molecule has 2 atom stereocenters. The predicted molar refractivity (Wildman–Crippen MR) is 105 cm³/mol. The summed E-state index contributed by atoms with van der Waals surface area (Å²) in [7, 11) is 0. The van der Waals surface area contributed by atoms with E-state index in [1.54, 1.807) is 0 Å². The summed E-state index contributed by atoms with van der Waals surface area (Å²) in [4.78, 5) is 31.8. The molecular weight excluding hydrogens is 354 g/mol. The molecule has 0 radical (unpaired) electrons. The number of oxazole rings is 1. The number of imide groups is 1. The number of rotatable bonds is 3. The fourth-order valence-electron chi connectivity index (χ4n) is 4.82. The van der Waals surface area contributed by atoms with Crippen molar-refractivity contribution in [1.29, 1.82) is 0 Å². The number of nitrogens with zero attached hydrogens (tertiary/aromatic N) is 2. The number of urea groups is 1. The molecule has 1 aromatic heterocycles. The van der Waals surface area contributed by atoms with Gasteiger partial charge in [0.15, 0.2) is 0 Å². The van der Waals surface area contributed by atoms with Gasteiger partial charge in [-0.05, 0) is 50.2 Å². The van der Waals surface area contributed by atoms with Gasteiger partial charge >= 0.3 is 6.03 Å². The van der Waals surface area contributed by atoms with E-state index in [0.717, 1.165) is 30.4 Å². The summed E-state index contributed by atoms with van der Waals surface area (Å²) in [6.45, 7) is 8.30. The van der Waals surface area contributed by atoms with Crippen LogP contribution in [-0.2, 0) is 11.3 Å². The lowest BCUT2D eigenvalue weighted by Gasteiger charge is -2.42. The summed E-state index contributed by atoms with van der Waals surface area (Å²) >= 11 is 0. The maximum atomic E-state index is 13.3. The van der Waals surface area contributed by atoms with E-state index in [0.29, 0.717) is 11.6 Å². The number of carbonyl (C=O) groups is 2. The smallest absolute Gasteiger partial charge is 0.325 e. The maximum absolute atomic E-state index is 13.3. The topological polar surface area (TPSA) is 75.4 Å². The lowest BCUT2D eigenvalue weighted by Crippen LogP contribution is -2.58. The molecule has 6 heteroatoms. The molecule has 2 heterocycles. The molecule has 28 heavy (non-hydrogen) atoms. The first-order valence-electron chi connectivity index (χ1n) is 9.99. The Bertz CT molecular complexity index is 923. The number of carbonyl (C=O) groups excluding carboxylic acids is 2. The Morgan fingerprint density at radius 3 is 2.61 bits per heavy atom. The maximum Gasteiger partial charge on any atom is 0.325 e. The largest absolute Gasteiger partial charge is 0.444 e. The van der Waals surface area contributed by atoms with Crippen molar-refractivity contribution in [2.24, 2.45) is 11.8 Å². The second kappa shape index (κ2) is 6.76. The fourth-order valence-corrected chi connectivity index (χ4v) is 4.82. The Kier molecular flexibility index (Phi) is 4.52. The normalized spacial score (nSPS) is 24.1. The number of aryl methyl sites for hydroxylation is 2. The predicted octanol–water partition coefficient (Wildman–Crippen LogP) is 4.21. The lowest BCUT2D eigenvalue weighted by molar-refractivity contribution is -0.137. The summed E-state index contributed by atoms with van der Waals surface area (Å²) < 4.78 is 5.65. The fraction of sp³-hybridized carbons (Fsp3) is 0.500. The summed E-state index contributed by atoms with van der Waals surface area (Å²) in [6, 6.07) is 5.74. The average molecular weight is 381 g/mol. The van der Waals surface area contributed by atoms with Crippen molar-refractivity contribution in [3.8, 4) is 11.5 Å². The second-order valence-electron chi connectivity index (χ2n) is 8.39. The molecule has 1 aromatic carbocycles.